The van der Waals surface area contributed by atoms with Crippen molar-refractivity contribution in [3.63, 3.8) is 0 Å². The molecule has 0 unspecified atom stereocenters. The standard InChI is InChI=1S/C16H15ClN4O2/c1-16(2,3)13-9-12(21-23-13)14(22)15(18-4)20-19-11-7-5-10(17)6-8-11/h5-9,19H,1-3H3/b20-15+. The molecule has 0 bridgehead atoms. The van der Waals surface area contributed by atoms with E-state index in [2.05, 4.69) is 20.5 Å². The van der Waals surface area contributed by atoms with Gasteiger partial charge < -0.3 is 9.37 Å². The van der Waals surface area contributed by atoms with Gasteiger partial charge in [0.1, 0.15) is 11.5 Å². The zero-order valence-corrected chi connectivity index (χ0v) is 13.7. The fourth-order valence-corrected chi connectivity index (χ4v) is 1.74. The van der Waals surface area contributed by atoms with Crippen molar-refractivity contribution in [2.45, 2.75) is 26.2 Å². The second kappa shape index (κ2) is 6.63. The van der Waals surface area contributed by atoms with E-state index in [-0.39, 0.29) is 16.9 Å². The van der Waals surface area contributed by atoms with Gasteiger partial charge in [-0.3, -0.25) is 4.79 Å². The van der Waals surface area contributed by atoms with Crippen LogP contribution in [0.2, 0.25) is 5.02 Å². The quantitative estimate of drug-likeness (QED) is 0.300. The molecule has 0 aliphatic rings. The Morgan fingerprint density at radius 1 is 1.35 bits per heavy atom. The molecule has 0 spiro atoms. The third-order valence-corrected chi connectivity index (χ3v) is 3.18. The number of hydrogen-bond acceptors (Lipinski definition) is 5. The highest BCUT2D eigenvalue weighted by molar-refractivity contribution is 6.48. The molecular formula is C16H15ClN4O2. The molecule has 0 fully saturated rings. The Balaban J connectivity index is 2.18. The van der Waals surface area contributed by atoms with Gasteiger partial charge in [-0.25, -0.2) is 5.43 Å². The van der Waals surface area contributed by atoms with E-state index in [1.165, 1.54) is 6.07 Å². The number of aromatic nitrogens is 1. The fourth-order valence-electron chi connectivity index (χ4n) is 1.62. The van der Waals surface area contributed by atoms with Crippen LogP contribution in [0.4, 0.5) is 5.69 Å². The topological polar surface area (TPSA) is 71.8 Å². The summed E-state index contributed by atoms with van der Waals surface area (Å²) in [6.07, 6.45) is 0. The number of rotatable bonds is 4. The first-order chi connectivity index (χ1) is 10.8. The van der Waals surface area contributed by atoms with Crippen LogP contribution in [0.1, 0.15) is 37.0 Å². The molecule has 2 rings (SSSR count). The Hall–Kier alpha value is -2.65. The molecule has 0 radical (unpaired) electrons. The molecule has 0 aliphatic carbocycles. The SMILES string of the molecule is [C-]#[N+]/C(=N/Nc1ccc(Cl)cc1)C(=O)c1cc(C(C)(C)C)on1. The number of carbonyl (C=O) groups excluding carboxylic acids is 1. The van der Waals surface area contributed by atoms with Crippen molar-refractivity contribution in [3.8, 4) is 0 Å². The summed E-state index contributed by atoms with van der Waals surface area (Å²) in [5.74, 6) is -0.356. The summed E-state index contributed by atoms with van der Waals surface area (Å²) in [4.78, 5) is 15.4. The second-order valence-electron chi connectivity index (χ2n) is 5.82. The monoisotopic (exact) mass is 330 g/mol. The maximum Gasteiger partial charge on any atom is 0.343 e. The smallest absolute Gasteiger partial charge is 0.343 e. The highest BCUT2D eigenvalue weighted by atomic mass is 35.5. The summed E-state index contributed by atoms with van der Waals surface area (Å²) in [5.41, 5.74) is 3.04. The largest absolute Gasteiger partial charge is 0.360 e. The normalized spacial score (nSPS) is 11.9. The van der Waals surface area contributed by atoms with E-state index in [1.54, 1.807) is 24.3 Å². The van der Waals surface area contributed by atoms with Crippen molar-refractivity contribution in [2.75, 3.05) is 5.43 Å². The minimum absolute atomic E-state index is 0.0579. The number of ketones is 1. The van der Waals surface area contributed by atoms with Crippen LogP contribution in [0.15, 0.2) is 40.0 Å². The third kappa shape index (κ3) is 4.18. The number of hydrazone groups is 1. The molecule has 6 nitrogen and oxygen atoms in total. The van der Waals surface area contributed by atoms with Gasteiger partial charge in [-0.15, -0.1) is 0 Å². The Bertz CT molecular complexity index is 780. The predicted molar refractivity (Wildman–Crippen MR) is 88.6 cm³/mol. The highest BCUT2D eigenvalue weighted by Crippen LogP contribution is 2.23. The lowest BCUT2D eigenvalue weighted by Crippen LogP contribution is -2.13. The van der Waals surface area contributed by atoms with E-state index in [9.17, 15) is 4.79 Å². The Labute approximate surface area is 138 Å². The number of nitrogens with zero attached hydrogens (tertiary/aromatic N) is 3. The third-order valence-electron chi connectivity index (χ3n) is 2.93. The highest BCUT2D eigenvalue weighted by Gasteiger charge is 2.24. The van der Waals surface area contributed by atoms with E-state index >= 15 is 0 Å². The van der Waals surface area contributed by atoms with E-state index in [1.807, 2.05) is 20.8 Å². The molecule has 118 valence electrons. The minimum atomic E-state index is -0.597. The average molecular weight is 331 g/mol. The lowest BCUT2D eigenvalue weighted by molar-refractivity contribution is 0.105. The zero-order chi connectivity index (χ0) is 17.0. The molecular weight excluding hydrogens is 316 g/mol. The summed E-state index contributed by atoms with van der Waals surface area (Å²) >= 11 is 5.79. The van der Waals surface area contributed by atoms with Crippen molar-refractivity contribution in [1.82, 2.24) is 5.16 Å². The van der Waals surface area contributed by atoms with E-state index < -0.39 is 5.78 Å². The number of anilines is 1. The lowest BCUT2D eigenvalue weighted by atomic mass is 9.93. The molecule has 0 amide bonds. The molecule has 1 heterocycles. The second-order valence-corrected chi connectivity index (χ2v) is 6.26. The summed E-state index contributed by atoms with van der Waals surface area (Å²) < 4.78 is 5.16. The predicted octanol–water partition coefficient (Wildman–Crippen LogP) is 4.15. The number of amidine groups is 1. The fraction of sp³-hybridized carbons (Fsp3) is 0.250. The van der Waals surface area contributed by atoms with Gasteiger partial charge in [-0.05, 0) is 29.4 Å². The lowest BCUT2D eigenvalue weighted by Gasteiger charge is -2.11. The van der Waals surface area contributed by atoms with Gasteiger partial charge in [0.05, 0.1) is 5.69 Å². The maximum absolute atomic E-state index is 12.3. The van der Waals surface area contributed by atoms with E-state index in [0.717, 1.165) is 0 Å². The van der Waals surface area contributed by atoms with Gasteiger partial charge >= 0.3 is 5.84 Å². The van der Waals surface area contributed by atoms with Crippen molar-refractivity contribution in [2.24, 2.45) is 5.10 Å². The molecule has 7 heteroatoms. The average Bonchev–Trinajstić information content (AvgIpc) is 2.99. The first kappa shape index (κ1) is 16.7. The maximum atomic E-state index is 12.3. The van der Waals surface area contributed by atoms with Gasteiger partial charge in [-0.1, -0.05) is 44.1 Å². The molecule has 0 saturated heterocycles. The zero-order valence-electron chi connectivity index (χ0n) is 12.9. The van der Waals surface area contributed by atoms with Crippen LogP contribution in [-0.2, 0) is 5.41 Å². The van der Waals surface area contributed by atoms with Gasteiger partial charge in [0.15, 0.2) is 0 Å². The molecule has 0 atom stereocenters. The van der Waals surface area contributed by atoms with Crippen LogP contribution in [0, 0.1) is 6.57 Å². The van der Waals surface area contributed by atoms with Crippen LogP contribution in [-0.4, -0.2) is 16.8 Å². The number of Topliss-reactive ketones (excluding diaryl/α,β-unsaturated/α-hetero) is 1. The molecule has 1 aromatic carbocycles. The van der Waals surface area contributed by atoms with Crippen molar-refractivity contribution in [1.29, 1.82) is 0 Å². The first-order valence-electron chi connectivity index (χ1n) is 6.80. The van der Waals surface area contributed by atoms with Gasteiger partial charge in [-0.2, -0.15) is 0 Å². The van der Waals surface area contributed by atoms with Crippen LogP contribution < -0.4 is 5.43 Å². The van der Waals surface area contributed by atoms with Crippen LogP contribution >= 0.6 is 11.6 Å². The summed E-state index contributed by atoms with van der Waals surface area (Å²) in [6, 6.07) is 8.25. The van der Waals surface area contributed by atoms with Crippen LogP contribution in [0.5, 0.6) is 0 Å². The van der Waals surface area contributed by atoms with Crippen LogP contribution in [0.3, 0.4) is 0 Å². The Morgan fingerprint density at radius 2 is 2.00 bits per heavy atom. The van der Waals surface area contributed by atoms with Gasteiger partial charge in [0.25, 0.3) is 0 Å². The molecule has 1 N–H and O–H groups in total. The Kier molecular flexibility index (Phi) is 4.82. The summed E-state index contributed by atoms with van der Waals surface area (Å²) in [5, 5.41) is 8.13. The molecule has 23 heavy (non-hydrogen) atoms. The van der Waals surface area contributed by atoms with Crippen LogP contribution in [0.25, 0.3) is 4.85 Å². The van der Waals surface area contributed by atoms with E-state index in [0.29, 0.717) is 16.5 Å². The number of hydrogen-bond donors (Lipinski definition) is 1. The number of nitrogens with one attached hydrogen (secondary N) is 1. The van der Waals surface area contributed by atoms with E-state index in [4.69, 9.17) is 22.7 Å². The Morgan fingerprint density at radius 3 is 2.52 bits per heavy atom. The molecule has 2 aromatic rings. The minimum Gasteiger partial charge on any atom is -0.360 e. The first-order valence-corrected chi connectivity index (χ1v) is 7.17. The van der Waals surface area contributed by atoms with Crippen molar-refractivity contribution < 1.29 is 9.32 Å². The van der Waals surface area contributed by atoms with Crippen molar-refractivity contribution >= 4 is 28.9 Å². The van der Waals surface area contributed by atoms with Gasteiger partial charge in [0.2, 0.25) is 5.78 Å². The molecule has 0 aliphatic heterocycles. The molecule has 0 saturated carbocycles. The number of halogens is 1. The van der Waals surface area contributed by atoms with Crippen molar-refractivity contribution in [3.05, 3.63) is 58.2 Å². The van der Waals surface area contributed by atoms with Gasteiger partial charge in [0, 0.05) is 16.5 Å². The summed E-state index contributed by atoms with van der Waals surface area (Å²) in [7, 11) is 0. The number of benzene rings is 1. The molecule has 1 aromatic heterocycles. The number of carbonyl (C=O) groups is 1. The summed E-state index contributed by atoms with van der Waals surface area (Å²) in [6.45, 7) is 12.9.